The molecule has 1 fully saturated rings. The topological polar surface area (TPSA) is 20.3 Å². The molecule has 0 radical (unpaired) electrons. The minimum Gasteiger partial charge on any atom is -0.328 e. The number of hydrogen-bond acceptors (Lipinski definition) is 2. The summed E-state index contributed by atoms with van der Waals surface area (Å²) in [6.07, 6.45) is 2.56. The summed E-state index contributed by atoms with van der Waals surface area (Å²) in [7, 11) is -0.659. The van der Waals surface area contributed by atoms with Crippen LogP contribution in [-0.4, -0.2) is 23.3 Å². The summed E-state index contributed by atoms with van der Waals surface area (Å²) in [6.45, 7) is 6.42. The smallest absolute Gasteiger partial charge is 0.0832 e. The molecule has 0 aliphatic carbocycles. The van der Waals surface area contributed by atoms with Crippen molar-refractivity contribution in [1.29, 1.82) is 0 Å². The maximum Gasteiger partial charge on any atom is 0.0832 e. The van der Waals surface area contributed by atoms with Crippen molar-refractivity contribution in [2.24, 2.45) is 0 Å². The molecule has 0 aromatic heterocycles. The maximum absolute atomic E-state index is 10.8. The molecule has 0 amide bonds. The first kappa shape index (κ1) is 8.29. The van der Waals surface area contributed by atoms with Gasteiger partial charge in [0.25, 0.3) is 0 Å². The second-order valence-corrected chi connectivity index (χ2v) is 5.11. The van der Waals surface area contributed by atoms with Crippen LogP contribution in [0.4, 0.5) is 0 Å². The quantitative estimate of drug-likeness (QED) is 0.573. The van der Waals surface area contributed by atoms with Crippen LogP contribution in [0.2, 0.25) is 0 Å². The van der Waals surface area contributed by atoms with Crippen LogP contribution in [0.1, 0.15) is 26.7 Å². The van der Waals surface area contributed by atoms with Crippen molar-refractivity contribution in [2.45, 2.75) is 32.0 Å². The predicted octanol–water partition coefficient (Wildman–Crippen LogP) is 1.57. The molecule has 1 atom stereocenters. The zero-order valence-electron chi connectivity index (χ0n) is 6.76. The fourth-order valence-corrected chi connectivity index (χ4v) is 1.78. The molecule has 10 heavy (non-hydrogen) atoms. The average molecular weight is 161 g/mol. The normalized spacial score (nSPS) is 23.0. The van der Waals surface area contributed by atoms with Gasteiger partial charge in [0.1, 0.15) is 0 Å². The summed E-state index contributed by atoms with van der Waals surface area (Å²) in [5.74, 6) is 0. The second-order valence-electron chi connectivity index (χ2n) is 3.47. The summed E-state index contributed by atoms with van der Waals surface area (Å²) in [5.41, 5.74) is 0. The van der Waals surface area contributed by atoms with Crippen molar-refractivity contribution in [3.05, 3.63) is 0 Å². The molecule has 0 bridgehead atoms. The van der Waals surface area contributed by atoms with Crippen LogP contribution in [0.5, 0.6) is 0 Å². The van der Waals surface area contributed by atoms with Gasteiger partial charge in [-0.05, 0) is 39.8 Å². The van der Waals surface area contributed by atoms with Crippen LogP contribution in [0.3, 0.4) is 0 Å². The standard InChI is InChI=1S/C7H16NOP/c1-7(2,10-9)8-5-3-4-6-8/h3-6,10H2,1-2H3. The molecule has 2 nitrogen and oxygen atoms in total. The van der Waals surface area contributed by atoms with E-state index in [0.29, 0.717) is 0 Å². The van der Waals surface area contributed by atoms with E-state index in [-0.39, 0.29) is 5.28 Å². The van der Waals surface area contributed by atoms with Crippen LogP contribution >= 0.6 is 8.46 Å². The molecule has 1 saturated heterocycles. The Balaban J connectivity index is 2.53. The zero-order valence-corrected chi connectivity index (χ0v) is 7.92. The maximum atomic E-state index is 10.8. The van der Waals surface area contributed by atoms with E-state index in [4.69, 9.17) is 0 Å². The average Bonchev–Trinajstić information content (AvgIpc) is 2.38. The van der Waals surface area contributed by atoms with Crippen LogP contribution in [0.15, 0.2) is 0 Å². The molecule has 0 aromatic rings. The van der Waals surface area contributed by atoms with Crippen molar-refractivity contribution >= 4 is 8.46 Å². The summed E-state index contributed by atoms with van der Waals surface area (Å²) >= 11 is 0. The number of hydrogen-bond donors (Lipinski definition) is 0. The van der Waals surface area contributed by atoms with Crippen LogP contribution in [0, 0.1) is 0 Å². The molecule has 1 aliphatic rings. The fraction of sp³-hybridized carbons (Fsp3) is 1.00. The predicted molar refractivity (Wildman–Crippen MR) is 45.3 cm³/mol. The van der Waals surface area contributed by atoms with Gasteiger partial charge in [0, 0.05) is 0 Å². The van der Waals surface area contributed by atoms with Gasteiger partial charge in [0.2, 0.25) is 0 Å². The van der Waals surface area contributed by atoms with E-state index in [9.17, 15) is 4.57 Å². The van der Waals surface area contributed by atoms with Gasteiger partial charge in [-0.15, -0.1) is 0 Å². The van der Waals surface area contributed by atoms with Gasteiger partial charge in [-0.25, -0.2) is 0 Å². The summed E-state index contributed by atoms with van der Waals surface area (Å²) in [4.78, 5) is 2.33. The van der Waals surface area contributed by atoms with Crippen LogP contribution in [0.25, 0.3) is 0 Å². The molecule has 1 unspecified atom stereocenters. The van der Waals surface area contributed by atoms with E-state index in [1.807, 2.05) is 0 Å². The summed E-state index contributed by atoms with van der Waals surface area (Å²) < 4.78 is 10.8. The summed E-state index contributed by atoms with van der Waals surface area (Å²) in [6, 6.07) is 0. The molecule has 60 valence electrons. The Morgan fingerprint density at radius 2 is 1.80 bits per heavy atom. The Kier molecular flexibility index (Phi) is 2.54. The van der Waals surface area contributed by atoms with Crippen molar-refractivity contribution < 1.29 is 4.57 Å². The third-order valence-corrected chi connectivity index (χ3v) is 3.15. The van der Waals surface area contributed by atoms with E-state index in [0.717, 1.165) is 13.1 Å². The minimum atomic E-state index is -0.659. The second kappa shape index (κ2) is 3.06. The Hall–Kier alpha value is 0.190. The van der Waals surface area contributed by atoms with Gasteiger partial charge in [0.15, 0.2) is 0 Å². The molecule has 0 N–H and O–H groups in total. The molecular formula is C7H16NOP. The van der Waals surface area contributed by atoms with Crippen LogP contribution in [-0.2, 0) is 4.57 Å². The molecule has 1 rings (SSSR count). The SMILES string of the molecule is CC(C)([PH2]=O)N1CCCC1. The lowest BCUT2D eigenvalue weighted by molar-refractivity contribution is 0.237. The van der Waals surface area contributed by atoms with E-state index in [1.165, 1.54) is 12.8 Å². The monoisotopic (exact) mass is 161 g/mol. The van der Waals surface area contributed by atoms with Crippen molar-refractivity contribution in [3.63, 3.8) is 0 Å². The van der Waals surface area contributed by atoms with E-state index in [1.54, 1.807) is 0 Å². The van der Waals surface area contributed by atoms with Gasteiger partial charge in [-0.1, -0.05) is 0 Å². The lowest BCUT2D eigenvalue weighted by Gasteiger charge is -2.29. The highest BCUT2D eigenvalue weighted by molar-refractivity contribution is 7.25. The van der Waals surface area contributed by atoms with E-state index in [2.05, 4.69) is 18.7 Å². The molecule has 0 saturated carbocycles. The first-order valence-corrected chi connectivity index (χ1v) is 4.93. The molecule has 0 aromatic carbocycles. The first-order valence-electron chi connectivity index (χ1n) is 3.88. The van der Waals surface area contributed by atoms with E-state index >= 15 is 0 Å². The van der Waals surface area contributed by atoms with Gasteiger partial charge in [0.05, 0.1) is 13.7 Å². The molecule has 0 spiro atoms. The van der Waals surface area contributed by atoms with Crippen LogP contribution < -0.4 is 0 Å². The first-order chi connectivity index (χ1) is 4.67. The highest BCUT2D eigenvalue weighted by atomic mass is 31.1. The minimum absolute atomic E-state index is 0.0174. The Labute approximate surface area is 63.8 Å². The van der Waals surface area contributed by atoms with Gasteiger partial charge in [-0.3, -0.25) is 4.90 Å². The van der Waals surface area contributed by atoms with Gasteiger partial charge in [-0.2, -0.15) is 0 Å². The Morgan fingerprint density at radius 1 is 1.30 bits per heavy atom. The Bertz CT molecular complexity index is 130. The van der Waals surface area contributed by atoms with E-state index < -0.39 is 8.46 Å². The third-order valence-electron chi connectivity index (χ3n) is 2.21. The fourth-order valence-electron chi connectivity index (χ4n) is 1.37. The van der Waals surface area contributed by atoms with Crippen molar-refractivity contribution in [3.8, 4) is 0 Å². The number of rotatable bonds is 2. The molecule has 3 heteroatoms. The van der Waals surface area contributed by atoms with Gasteiger partial charge >= 0.3 is 0 Å². The number of nitrogens with zero attached hydrogens (tertiary/aromatic N) is 1. The zero-order chi connectivity index (χ0) is 7.61. The molecular weight excluding hydrogens is 145 g/mol. The third kappa shape index (κ3) is 1.62. The highest BCUT2D eigenvalue weighted by Crippen LogP contribution is 2.29. The largest absolute Gasteiger partial charge is 0.328 e. The van der Waals surface area contributed by atoms with Gasteiger partial charge < -0.3 is 4.57 Å². The molecule has 1 aliphatic heterocycles. The summed E-state index contributed by atoms with van der Waals surface area (Å²) in [5, 5.41) is -0.0174. The Morgan fingerprint density at radius 3 is 2.20 bits per heavy atom. The number of likely N-dealkylation sites (tertiary alicyclic amines) is 1. The molecule has 1 heterocycles. The highest BCUT2D eigenvalue weighted by Gasteiger charge is 2.27. The van der Waals surface area contributed by atoms with Crippen molar-refractivity contribution in [2.75, 3.05) is 13.1 Å². The van der Waals surface area contributed by atoms with Crippen molar-refractivity contribution in [1.82, 2.24) is 4.90 Å². The lowest BCUT2D eigenvalue weighted by Crippen LogP contribution is -2.36. The lowest BCUT2D eigenvalue weighted by atomic mass is 10.3.